The molecule has 0 saturated carbocycles. The van der Waals surface area contributed by atoms with E-state index in [1.165, 1.54) is 28.6 Å². The first kappa shape index (κ1) is 21.0. The molecule has 10 heteroatoms. The number of H-pyrrole nitrogens is 1. The summed E-state index contributed by atoms with van der Waals surface area (Å²) in [7, 11) is -3.64. The summed E-state index contributed by atoms with van der Waals surface area (Å²) in [4.78, 5) is 37.3. The Morgan fingerprint density at radius 3 is 2.42 bits per heavy atom. The summed E-state index contributed by atoms with van der Waals surface area (Å²) >= 11 is 0. The van der Waals surface area contributed by atoms with Gasteiger partial charge in [0.1, 0.15) is 6.54 Å². The van der Waals surface area contributed by atoms with Crippen molar-refractivity contribution in [3.05, 3.63) is 69.2 Å². The molecular formula is C21H22N4O5S. The van der Waals surface area contributed by atoms with Crippen LogP contribution in [0.2, 0.25) is 0 Å². The zero-order valence-corrected chi connectivity index (χ0v) is 17.5. The second-order valence-electron chi connectivity index (χ2n) is 7.42. The average molecular weight is 442 g/mol. The lowest BCUT2D eigenvalue weighted by Crippen LogP contribution is -2.35. The number of benzene rings is 2. The molecule has 0 unspecified atom stereocenters. The number of aromatic amines is 1. The van der Waals surface area contributed by atoms with E-state index in [0.29, 0.717) is 18.8 Å². The Bertz CT molecular complexity index is 1350. The number of carbonyl (C=O) groups excluding carboxylic acids is 1. The first-order chi connectivity index (χ1) is 14.9. The van der Waals surface area contributed by atoms with E-state index in [1.807, 2.05) is 0 Å². The van der Waals surface area contributed by atoms with Crippen LogP contribution >= 0.6 is 0 Å². The van der Waals surface area contributed by atoms with Gasteiger partial charge in [0.2, 0.25) is 15.9 Å². The first-order valence-corrected chi connectivity index (χ1v) is 11.4. The van der Waals surface area contributed by atoms with Gasteiger partial charge in [-0.15, -0.1) is 0 Å². The van der Waals surface area contributed by atoms with Gasteiger partial charge in [-0.1, -0.05) is 24.6 Å². The van der Waals surface area contributed by atoms with Crippen LogP contribution in [0.1, 0.15) is 19.3 Å². The van der Waals surface area contributed by atoms with Gasteiger partial charge in [0.05, 0.1) is 15.7 Å². The average Bonchev–Trinajstić information content (AvgIpc) is 2.78. The lowest BCUT2D eigenvalue weighted by atomic mass is 10.2. The molecule has 0 spiro atoms. The Kier molecular flexibility index (Phi) is 5.75. The number of sulfonamides is 1. The van der Waals surface area contributed by atoms with E-state index in [1.54, 1.807) is 24.3 Å². The third-order valence-electron chi connectivity index (χ3n) is 5.26. The number of anilines is 1. The molecule has 1 aromatic heterocycles. The SMILES string of the molecule is O=C(Cn1[nH]c(=O)c2ccccc2c1=O)Nc1cccc(S(=O)(=O)N2CCCCC2)c1. The molecule has 0 bridgehead atoms. The highest BCUT2D eigenvalue weighted by atomic mass is 32.2. The van der Waals surface area contributed by atoms with Crippen LogP contribution in [-0.2, 0) is 21.4 Å². The molecule has 9 nitrogen and oxygen atoms in total. The molecule has 2 aromatic carbocycles. The second-order valence-corrected chi connectivity index (χ2v) is 9.36. The van der Waals surface area contributed by atoms with Gasteiger partial charge >= 0.3 is 0 Å². The highest BCUT2D eigenvalue weighted by Gasteiger charge is 2.26. The van der Waals surface area contributed by atoms with Crippen molar-refractivity contribution >= 4 is 32.4 Å². The molecule has 0 atom stereocenters. The number of amides is 1. The minimum Gasteiger partial charge on any atom is -0.324 e. The Labute approximate surface area is 178 Å². The lowest BCUT2D eigenvalue weighted by molar-refractivity contribution is -0.117. The molecule has 31 heavy (non-hydrogen) atoms. The Balaban J connectivity index is 1.54. The van der Waals surface area contributed by atoms with E-state index in [-0.39, 0.29) is 15.7 Å². The Morgan fingerprint density at radius 1 is 0.968 bits per heavy atom. The standard InChI is InChI=1S/C21H22N4O5S/c26-19(14-25-21(28)18-10-3-2-9-17(18)20(27)23-25)22-15-7-6-8-16(13-15)31(29,30)24-11-4-1-5-12-24/h2-3,6-10,13H,1,4-5,11-12,14H2,(H,22,26)(H,23,27). The molecule has 2 N–H and O–H groups in total. The van der Waals surface area contributed by atoms with Gasteiger partial charge in [-0.25, -0.2) is 13.1 Å². The molecule has 0 radical (unpaired) electrons. The lowest BCUT2D eigenvalue weighted by Gasteiger charge is -2.26. The molecular weight excluding hydrogens is 420 g/mol. The third kappa shape index (κ3) is 4.30. The smallest absolute Gasteiger partial charge is 0.273 e. The molecule has 1 aliphatic heterocycles. The number of nitrogens with one attached hydrogen (secondary N) is 2. The number of aromatic nitrogens is 2. The monoisotopic (exact) mass is 442 g/mol. The first-order valence-electron chi connectivity index (χ1n) is 9.98. The van der Waals surface area contributed by atoms with E-state index in [4.69, 9.17) is 0 Å². The Hall–Kier alpha value is -3.24. The summed E-state index contributed by atoms with van der Waals surface area (Å²) in [5.41, 5.74) is -0.677. The third-order valence-corrected chi connectivity index (χ3v) is 7.15. The molecule has 1 aliphatic rings. The topological polar surface area (TPSA) is 121 Å². The molecule has 1 fully saturated rings. The minimum absolute atomic E-state index is 0.100. The summed E-state index contributed by atoms with van der Waals surface area (Å²) in [5, 5.41) is 5.46. The van der Waals surface area contributed by atoms with Gasteiger partial charge < -0.3 is 5.32 Å². The van der Waals surface area contributed by atoms with Crippen molar-refractivity contribution in [1.29, 1.82) is 0 Å². The van der Waals surface area contributed by atoms with Gasteiger partial charge in [-0.3, -0.25) is 19.5 Å². The summed E-state index contributed by atoms with van der Waals surface area (Å²) in [6, 6.07) is 12.4. The van der Waals surface area contributed by atoms with Crippen LogP contribution in [0.4, 0.5) is 5.69 Å². The van der Waals surface area contributed by atoms with E-state index < -0.39 is 33.6 Å². The van der Waals surface area contributed by atoms with E-state index in [0.717, 1.165) is 23.9 Å². The van der Waals surface area contributed by atoms with E-state index in [9.17, 15) is 22.8 Å². The van der Waals surface area contributed by atoms with Crippen LogP contribution in [0.25, 0.3) is 10.8 Å². The fraction of sp³-hybridized carbons (Fsp3) is 0.286. The Morgan fingerprint density at radius 2 is 1.68 bits per heavy atom. The zero-order chi connectivity index (χ0) is 22.0. The zero-order valence-electron chi connectivity index (χ0n) is 16.7. The van der Waals surface area contributed by atoms with Gasteiger partial charge in [-0.05, 0) is 43.2 Å². The summed E-state index contributed by atoms with van der Waals surface area (Å²) in [6.45, 7) is 0.552. The summed E-state index contributed by atoms with van der Waals surface area (Å²) < 4.78 is 28.1. The number of rotatable bonds is 5. The number of hydrogen-bond acceptors (Lipinski definition) is 5. The maximum Gasteiger partial charge on any atom is 0.273 e. The van der Waals surface area contributed by atoms with E-state index >= 15 is 0 Å². The molecule has 0 aliphatic carbocycles. The summed E-state index contributed by atoms with van der Waals surface area (Å²) in [6.07, 6.45) is 2.67. The van der Waals surface area contributed by atoms with Gasteiger partial charge in [0.15, 0.2) is 0 Å². The van der Waals surface area contributed by atoms with E-state index in [2.05, 4.69) is 10.4 Å². The number of piperidine rings is 1. The predicted octanol–water partition coefficient (Wildman–Crippen LogP) is 1.50. The predicted molar refractivity (Wildman–Crippen MR) is 117 cm³/mol. The van der Waals surface area contributed by atoms with Crippen molar-refractivity contribution in [3.63, 3.8) is 0 Å². The van der Waals surface area contributed by atoms with Gasteiger partial charge in [0, 0.05) is 18.8 Å². The van der Waals surface area contributed by atoms with Crippen molar-refractivity contribution in [2.75, 3.05) is 18.4 Å². The van der Waals surface area contributed by atoms with Crippen molar-refractivity contribution in [2.24, 2.45) is 0 Å². The second kappa shape index (κ2) is 8.48. The molecule has 1 saturated heterocycles. The van der Waals surface area contributed by atoms with Crippen LogP contribution in [0.15, 0.2) is 63.0 Å². The largest absolute Gasteiger partial charge is 0.324 e. The van der Waals surface area contributed by atoms with Crippen molar-refractivity contribution < 1.29 is 13.2 Å². The summed E-state index contributed by atoms with van der Waals surface area (Å²) in [5.74, 6) is -0.569. The molecule has 1 amide bonds. The highest BCUT2D eigenvalue weighted by Crippen LogP contribution is 2.22. The number of nitrogens with zero attached hydrogens (tertiary/aromatic N) is 2. The van der Waals surface area contributed by atoms with Crippen LogP contribution in [0, 0.1) is 0 Å². The number of fused-ring (bicyclic) bond motifs is 1. The van der Waals surface area contributed by atoms with Gasteiger partial charge in [0.25, 0.3) is 11.1 Å². The fourth-order valence-corrected chi connectivity index (χ4v) is 5.25. The molecule has 162 valence electrons. The number of carbonyl (C=O) groups is 1. The van der Waals surface area contributed by atoms with Crippen LogP contribution in [-0.4, -0.2) is 41.5 Å². The van der Waals surface area contributed by atoms with Gasteiger partial charge in [-0.2, -0.15) is 4.31 Å². The fourth-order valence-electron chi connectivity index (χ4n) is 3.69. The highest BCUT2D eigenvalue weighted by molar-refractivity contribution is 7.89. The minimum atomic E-state index is -3.64. The molecule has 3 aromatic rings. The maximum absolute atomic E-state index is 12.9. The van der Waals surface area contributed by atoms with Crippen LogP contribution < -0.4 is 16.4 Å². The molecule has 4 rings (SSSR count). The maximum atomic E-state index is 12.9. The normalized spacial score (nSPS) is 15.1. The molecule has 2 heterocycles. The quantitative estimate of drug-likeness (QED) is 0.620. The van der Waals surface area contributed by atoms with Crippen LogP contribution in [0.5, 0.6) is 0 Å². The number of hydrogen-bond donors (Lipinski definition) is 2. The van der Waals surface area contributed by atoms with Crippen LogP contribution in [0.3, 0.4) is 0 Å². The van der Waals surface area contributed by atoms with Crippen molar-refractivity contribution in [1.82, 2.24) is 14.1 Å². The van der Waals surface area contributed by atoms with Crippen molar-refractivity contribution in [2.45, 2.75) is 30.7 Å². The van der Waals surface area contributed by atoms with Crippen molar-refractivity contribution in [3.8, 4) is 0 Å².